The summed E-state index contributed by atoms with van der Waals surface area (Å²) in [4.78, 5) is 31.8. The molecule has 126 valence electrons. The van der Waals surface area contributed by atoms with E-state index in [-0.39, 0.29) is 11.4 Å². The summed E-state index contributed by atoms with van der Waals surface area (Å²) < 4.78 is 2.09. The third-order valence-corrected chi connectivity index (χ3v) is 2.22. The van der Waals surface area contributed by atoms with Crippen molar-refractivity contribution in [1.82, 2.24) is 0 Å². The molecule has 0 bridgehead atoms. The highest BCUT2D eigenvalue weighted by Gasteiger charge is 2.28. The Hall–Kier alpha value is -1.32. The fraction of sp³-hybridized carbons (Fsp3) is 0.364. The number of alkyl halides is 3. The molecule has 0 unspecified atom stereocenters. The second kappa shape index (κ2) is 11.3. The number of nitrogens with two attached hydrogens (primary N) is 2. The Morgan fingerprint density at radius 3 is 1.77 bits per heavy atom. The number of methoxy groups -OCH3 is 1. The molecule has 0 saturated heterocycles. The van der Waals surface area contributed by atoms with Crippen molar-refractivity contribution < 1.29 is 29.3 Å². The van der Waals surface area contributed by atoms with Gasteiger partial charge in [0.2, 0.25) is 5.78 Å². The van der Waals surface area contributed by atoms with Crippen molar-refractivity contribution in [3.8, 4) is 0 Å². The van der Waals surface area contributed by atoms with Gasteiger partial charge in [-0.3, -0.25) is 9.59 Å². The van der Waals surface area contributed by atoms with Crippen molar-refractivity contribution in [3.63, 3.8) is 0 Å². The van der Waals surface area contributed by atoms with Crippen LogP contribution in [0.5, 0.6) is 0 Å². The van der Waals surface area contributed by atoms with E-state index in [2.05, 4.69) is 4.74 Å². The average Bonchev–Trinajstić information content (AvgIpc) is 2.45. The molecule has 0 aliphatic carbocycles. The maximum Gasteiger partial charge on any atom is 0.378 e. The van der Waals surface area contributed by atoms with Crippen molar-refractivity contribution in [2.75, 3.05) is 20.3 Å². The zero-order chi connectivity index (χ0) is 17.9. The van der Waals surface area contributed by atoms with Crippen LogP contribution in [0.25, 0.3) is 0 Å². The van der Waals surface area contributed by atoms with E-state index < -0.39 is 34.5 Å². The number of hydrogen-bond acceptors (Lipinski definition) is 8. The molecule has 8 nitrogen and oxygen atoms in total. The van der Waals surface area contributed by atoms with Gasteiger partial charge >= 0.3 is 5.97 Å². The number of halogens is 3. The molecule has 0 aromatic rings. The van der Waals surface area contributed by atoms with Crippen molar-refractivity contribution in [3.05, 3.63) is 23.5 Å². The second-order valence-electron chi connectivity index (χ2n) is 3.47. The zero-order valence-corrected chi connectivity index (χ0v) is 13.7. The van der Waals surface area contributed by atoms with Crippen LogP contribution in [0, 0.1) is 0 Å². The highest BCUT2D eigenvalue weighted by Crippen LogP contribution is 2.27. The predicted octanol–water partition coefficient (Wildman–Crippen LogP) is -0.676. The molecule has 0 aromatic heterocycles. The highest BCUT2D eigenvalue weighted by molar-refractivity contribution is 6.77. The summed E-state index contributed by atoms with van der Waals surface area (Å²) in [5.41, 5.74) is 10.0. The number of aliphatic hydroxyl groups is 2. The van der Waals surface area contributed by atoms with Crippen molar-refractivity contribution in [2.45, 2.75) is 3.79 Å². The van der Waals surface area contributed by atoms with E-state index in [4.69, 9.17) is 56.5 Å². The number of carbonyl (C=O) groups excluding carboxylic acids is 3. The van der Waals surface area contributed by atoms with Crippen LogP contribution in [0.4, 0.5) is 0 Å². The monoisotopic (exact) mass is 376 g/mol. The van der Waals surface area contributed by atoms with Gasteiger partial charge in [0.25, 0.3) is 9.58 Å². The van der Waals surface area contributed by atoms with Crippen LogP contribution < -0.4 is 11.5 Å². The van der Waals surface area contributed by atoms with E-state index in [1.807, 2.05) is 0 Å². The fourth-order valence-electron chi connectivity index (χ4n) is 0.669. The first-order chi connectivity index (χ1) is 9.99. The zero-order valence-electron chi connectivity index (χ0n) is 11.4. The minimum atomic E-state index is -2.00. The Morgan fingerprint density at radius 1 is 1.05 bits per heavy atom. The Balaban J connectivity index is 0. The molecule has 6 N–H and O–H groups in total. The van der Waals surface area contributed by atoms with Gasteiger partial charge < -0.3 is 26.4 Å². The van der Waals surface area contributed by atoms with Gasteiger partial charge in [-0.05, 0) is 0 Å². The fourth-order valence-corrected chi connectivity index (χ4v) is 0.833. The van der Waals surface area contributed by atoms with Crippen molar-refractivity contribution in [2.24, 2.45) is 11.5 Å². The van der Waals surface area contributed by atoms with E-state index in [1.165, 1.54) is 0 Å². The number of aliphatic hydroxyl groups excluding tert-OH is 2. The number of rotatable bonds is 5. The Kier molecular flexibility index (Phi) is 11.8. The van der Waals surface area contributed by atoms with Crippen LogP contribution in [0.2, 0.25) is 0 Å². The SMILES string of the molecule is COC(=O)C(=O)C=C(N)CO.NC(=CC(=O)C(Cl)(Cl)Cl)CO. The molecule has 0 saturated carbocycles. The maximum atomic E-state index is 10.8. The first-order valence-corrected chi connectivity index (χ1v) is 6.50. The standard InChI is InChI=1S/C6H9NO4.C5H6Cl3NO2/c1-11-6(10)5(9)2-4(7)3-8;6-5(7,8)4(11)1-3(9)2-10/h2,8H,3,7H2,1H3;1,10H,2,9H2. The summed E-state index contributed by atoms with van der Waals surface area (Å²) >= 11 is 15.6. The molecule has 0 aliphatic rings. The molecule has 0 rings (SSSR count). The Labute approximate surface area is 141 Å². The summed E-state index contributed by atoms with van der Waals surface area (Å²) in [6.45, 7) is -0.894. The number of allylic oxidation sites excluding steroid dienone is 1. The van der Waals surface area contributed by atoms with Crippen molar-refractivity contribution in [1.29, 1.82) is 0 Å². The minimum Gasteiger partial charge on any atom is -0.463 e. The lowest BCUT2D eigenvalue weighted by molar-refractivity contribution is -0.149. The van der Waals surface area contributed by atoms with Crippen LogP contribution >= 0.6 is 34.8 Å². The molecule has 11 heteroatoms. The van der Waals surface area contributed by atoms with Crippen LogP contribution in [0.15, 0.2) is 23.5 Å². The van der Waals surface area contributed by atoms with E-state index in [1.54, 1.807) is 0 Å². The number of carbonyl (C=O) groups is 3. The summed E-state index contributed by atoms with van der Waals surface area (Å²) in [5, 5.41) is 16.7. The van der Waals surface area contributed by atoms with Gasteiger partial charge in [0, 0.05) is 23.5 Å². The van der Waals surface area contributed by atoms with Crippen LogP contribution in [0.3, 0.4) is 0 Å². The third-order valence-electron chi connectivity index (χ3n) is 1.66. The van der Waals surface area contributed by atoms with Crippen LogP contribution in [-0.4, -0.2) is 51.9 Å². The van der Waals surface area contributed by atoms with Gasteiger partial charge in [-0.15, -0.1) is 0 Å². The van der Waals surface area contributed by atoms with E-state index in [9.17, 15) is 14.4 Å². The van der Waals surface area contributed by atoms with Gasteiger partial charge in [0.05, 0.1) is 20.3 Å². The van der Waals surface area contributed by atoms with E-state index in [0.29, 0.717) is 0 Å². The lowest BCUT2D eigenvalue weighted by atomic mass is 10.3. The number of hydrogen-bond donors (Lipinski definition) is 4. The quantitative estimate of drug-likeness (QED) is 0.213. The molecular weight excluding hydrogens is 362 g/mol. The molecule has 0 radical (unpaired) electrons. The summed E-state index contributed by atoms with van der Waals surface area (Å²) in [6.07, 6.45) is 1.71. The predicted molar refractivity (Wildman–Crippen MR) is 81.0 cm³/mol. The molecule has 0 spiro atoms. The molecule has 0 aromatic carbocycles. The third kappa shape index (κ3) is 11.4. The van der Waals surface area contributed by atoms with Crippen LogP contribution in [0.1, 0.15) is 0 Å². The number of ketones is 2. The topological polar surface area (TPSA) is 153 Å². The minimum absolute atomic E-state index is 0.0404. The highest BCUT2D eigenvalue weighted by atomic mass is 35.6. The normalized spacial score (nSPS) is 12.1. The van der Waals surface area contributed by atoms with Crippen molar-refractivity contribution >= 4 is 52.3 Å². The molecule has 0 heterocycles. The second-order valence-corrected chi connectivity index (χ2v) is 5.75. The molecular formula is C11H15Cl3N2O6. The average molecular weight is 378 g/mol. The molecule has 22 heavy (non-hydrogen) atoms. The number of ether oxygens (including phenoxy) is 1. The first-order valence-electron chi connectivity index (χ1n) is 5.36. The Bertz CT molecular complexity index is 471. The Morgan fingerprint density at radius 2 is 1.45 bits per heavy atom. The van der Waals surface area contributed by atoms with Gasteiger partial charge in [0.1, 0.15) is 0 Å². The lowest BCUT2D eigenvalue weighted by Gasteiger charge is -2.05. The maximum absolute atomic E-state index is 10.8. The molecule has 0 amide bonds. The molecule has 0 aliphatic heterocycles. The summed E-state index contributed by atoms with van der Waals surface area (Å²) in [6, 6.07) is 0. The largest absolute Gasteiger partial charge is 0.463 e. The lowest BCUT2D eigenvalue weighted by Crippen LogP contribution is -2.18. The number of esters is 1. The smallest absolute Gasteiger partial charge is 0.378 e. The van der Waals surface area contributed by atoms with Gasteiger partial charge in [0.15, 0.2) is 0 Å². The summed E-state index contributed by atoms with van der Waals surface area (Å²) in [7, 11) is 1.09. The molecule has 0 atom stereocenters. The first kappa shape index (κ1) is 23.0. The summed E-state index contributed by atoms with van der Waals surface area (Å²) in [5.74, 6) is -2.64. The molecule has 0 fully saturated rings. The van der Waals surface area contributed by atoms with Gasteiger partial charge in [-0.2, -0.15) is 0 Å². The van der Waals surface area contributed by atoms with Gasteiger partial charge in [-0.25, -0.2) is 4.79 Å². The van der Waals surface area contributed by atoms with Gasteiger partial charge in [-0.1, -0.05) is 34.8 Å². The van der Waals surface area contributed by atoms with E-state index in [0.717, 1.165) is 19.3 Å². The van der Waals surface area contributed by atoms with Crippen LogP contribution in [-0.2, 0) is 19.1 Å². The van der Waals surface area contributed by atoms with E-state index >= 15 is 0 Å².